The van der Waals surface area contributed by atoms with Crippen LogP contribution < -0.4 is 10.1 Å². The van der Waals surface area contributed by atoms with Crippen LogP contribution in [-0.4, -0.2) is 53.4 Å². The third-order valence-electron chi connectivity index (χ3n) is 7.16. The number of piperidine rings is 3. The van der Waals surface area contributed by atoms with Crippen LogP contribution in [0.15, 0.2) is 54.6 Å². The second-order valence-corrected chi connectivity index (χ2v) is 9.06. The first kappa shape index (κ1) is 21.6. The number of methoxy groups -OCH3 is 1. The summed E-state index contributed by atoms with van der Waals surface area (Å²) in [5, 5.41) is 7.82. The molecule has 3 aromatic rings. The predicted molar refractivity (Wildman–Crippen MR) is 125 cm³/mol. The molecule has 3 aliphatic rings. The Morgan fingerprint density at radius 2 is 1.94 bits per heavy atom. The number of aromatic nitrogens is 2. The molecule has 2 bridgehead atoms. The van der Waals surface area contributed by atoms with E-state index in [-0.39, 0.29) is 11.7 Å². The molecule has 3 saturated heterocycles. The Balaban J connectivity index is 1.23. The number of halogens is 1. The fourth-order valence-electron chi connectivity index (χ4n) is 5.33. The number of carbonyl (C=O) groups is 1. The number of benzene rings is 2. The molecule has 2 aromatic carbocycles. The molecular weight excluding hydrogens is 419 g/mol. The minimum Gasteiger partial charge on any atom is -0.497 e. The van der Waals surface area contributed by atoms with Crippen LogP contribution in [0.5, 0.6) is 5.75 Å². The van der Waals surface area contributed by atoms with Gasteiger partial charge in [-0.25, -0.2) is 4.39 Å². The molecule has 172 valence electrons. The van der Waals surface area contributed by atoms with Crippen LogP contribution in [-0.2, 0) is 7.05 Å². The number of nitrogens with zero attached hydrogens (tertiary/aromatic N) is 3. The standard InChI is InChI=1S/C26H29FN4O2/c1-30-25(14-24(29-30)17-3-7-20(27)8-4-17)23-16-31-12-11-19(23)13-21(31)15-28-26(32)18-5-9-22(33-2)10-6-18/h3-10,14,19,21,23H,11-13,15-16H2,1-2H3,(H,28,32). The van der Waals surface area contributed by atoms with E-state index in [0.29, 0.717) is 30.0 Å². The molecule has 4 heterocycles. The Kier molecular flexibility index (Phi) is 5.89. The fourth-order valence-corrected chi connectivity index (χ4v) is 5.33. The van der Waals surface area contributed by atoms with Gasteiger partial charge in [-0.2, -0.15) is 5.10 Å². The fraction of sp³-hybridized carbons (Fsp3) is 0.385. The van der Waals surface area contributed by atoms with E-state index in [1.807, 2.05) is 11.7 Å². The maximum absolute atomic E-state index is 13.3. The molecule has 4 atom stereocenters. The van der Waals surface area contributed by atoms with Gasteiger partial charge in [0.2, 0.25) is 0 Å². The number of nitrogens with one attached hydrogen (secondary N) is 1. The van der Waals surface area contributed by atoms with Crippen LogP contribution in [0.1, 0.15) is 34.8 Å². The van der Waals surface area contributed by atoms with Crippen molar-refractivity contribution in [1.29, 1.82) is 0 Å². The SMILES string of the molecule is COc1ccc(C(=O)NCC2CC3CCN2CC3c2cc(-c3ccc(F)cc3)nn2C)cc1. The van der Waals surface area contributed by atoms with E-state index >= 15 is 0 Å². The van der Waals surface area contributed by atoms with E-state index in [1.165, 1.54) is 17.8 Å². The van der Waals surface area contributed by atoms with Gasteiger partial charge in [-0.15, -0.1) is 0 Å². The summed E-state index contributed by atoms with van der Waals surface area (Å²) >= 11 is 0. The summed E-state index contributed by atoms with van der Waals surface area (Å²) in [5.41, 5.74) is 3.68. The highest BCUT2D eigenvalue weighted by atomic mass is 19.1. The molecule has 6 nitrogen and oxygen atoms in total. The summed E-state index contributed by atoms with van der Waals surface area (Å²) in [5.74, 6) is 1.43. The first-order valence-corrected chi connectivity index (χ1v) is 11.5. The molecule has 3 aliphatic heterocycles. The third-order valence-corrected chi connectivity index (χ3v) is 7.16. The number of carbonyl (C=O) groups excluding carboxylic acids is 1. The van der Waals surface area contributed by atoms with Crippen LogP contribution in [0.2, 0.25) is 0 Å². The van der Waals surface area contributed by atoms with Gasteiger partial charge < -0.3 is 10.1 Å². The zero-order chi connectivity index (χ0) is 22.9. The quantitative estimate of drug-likeness (QED) is 0.623. The molecule has 0 spiro atoms. The Morgan fingerprint density at radius 3 is 2.61 bits per heavy atom. The number of aryl methyl sites for hydroxylation is 1. The van der Waals surface area contributed by atoms with Crippen molar-refractivity contribution < 1.29 is 13.9 Å². The number of amides is 1. The summed E-state index contributed by atoms with van der Waals surface area (Å²) in [6.07, 6.45) is 2.22. The average Bonchev–Trinajstić information content (AvgIpc) is 3.24. The first-order valence-electron chi connectivity index (χ1n) is 11.5. The van der Waals surface area contributed by atoms with Crippen LogP contribution in [0, 0.1) is 11.7 Å². The Bertz CT molecular complexity index is 1130. The van der Waals surface area contributed by atoms with Gasteiger partial charge in [-0.1, -0.05) is 0 Å². The molecule has 0 aliphatic carbocycles. The number of fused-ring (bicyclic) bond motifs is 3. The minimum absolute atomic E-state index is 0.0487. The highest BCUT2D eigenvalue weighted by Gasteiger charge is 2.41. The highest BCUT2D eigenvalue weighted by molar-refractivity contribution is 5.94. The topological polar surface area (TPSA) is 59.4 Å². The molecule has 1 amide bonds. The van der Waals surface area contributed by atoms with Crippen LogP contribution in [0.25, 0.3) is 11.3 Å². The van der Waals surface area contributed by atoms with E-state index in [1.54, 1.807) is 43.5 Å². The highest BCUT2D eigenvalue weighted by Crippen LogP contribution is 2.42. The first-order chi connectivity index (χ1) is 16.0. The van der Waals surface area contributed by atoms with Gasteiger partial charge in [-0.3, -0.25) is 14.4 Å². The predicted octanol–water partition coefficient (Wildman–Crippen LogP) is 3.84. The van der Waals surface area contributed by atoms with Gasteiger partial charge in [-0.05, 0) is 79.9 Å². The largest absolute Gasteiger partial charge is 0.497 e. The molecule has 1 aromatic heterocycles. The lowest BCUT2D eigenvalue weighted by atomic mass is 9.74. The van der Waals surface area contributed by atoms with Crippen molar-refractivity contribution in [1.82, 2.24) is 20.0 Å². The third kappa shape index (κ3) is 4.37. The van der Waals surface area contributed by atoms with Crippen LogP contribution in [0.3, 0.4) is 0 Å². The lowest BCUT2D eigenvalue weighted by Gasteiger charge is -2.50. The molecule has 33 heavy (non-hydrogen) atoms. The molecule has 3 fully saturated rings. The smallest absolute Gasteiger partial charge is 0.251 e. The number of rotatable bonds is 6. The summed E-state index contributed by atoms with van der Waals surface area (Å²) in [6, 6.07) is 16.2. The lowest BCUT2D eigenvalue weighted by Crippen LogP contribution is -2.56. The van der Waals surface area contributed by atoms with E-state index in [0.717, 1.165) is 42.9 Å². The number of hydrogen-bond donors (Lipinski definition) is 1. The van der Waals surface area contributed by atoms with Crippen molar-refractivity contribution in [3.8, 4) is 17.0 Å². The second-order valence-electron chi connectivity index (χ2n) is 9.06. The van der Waals surface area contributed by atoms with Crippen LogP contribution in [0.4, 0.5) is 4.39 Å². The van der Waals surface area contributed by atoms with Gasteiger partial charge >= 0.3 is 0 Å². The summed E-state index contributed by atoms with van der Waals surface area (Å²) in [6.45, 7) is 2.68. The normalized spacial score (nSPS) is 24.0. The van der Waals surface area contributed by atoms with E-state index < -0.39 is 0 Å². The van der Waals surface area contributed by atoms with Crippen molar-refractivity contribution in [2.45, 2.75) is 24.8 Å². The molecular formula is C26H29FN4O2. The molecule has 7 heteroatoms. The molecule has 4 unspecified atom stereocenters. The molecule has 1 N–H and O–H groups in total. The van der Waals surface area contributed by atoms with Crippen molar-refractivity contribution in [2.24, 2.45) is 13.0 Å². The number of ether oxygens (including phenoxy) is 1. The van der Waals surface area contributed by atoms with E-state index in [9.17, 15) is 9.18 Å². The monoisotopic (exact) mass is 448 g/mol. The summed E-state index contributed by atoms with van der Waals surface area (Å²) in [7, 11) is 3.61. The average molecular weight is 449 g/mol. The van der Waals surface area contributed by atoms with E-state index in [4.69, 9.17) is 9.84 Å². The van der Waals surface area contributed by atoms with Crippen molar-refractivity contribution in [3.63, 3.8) is 0 Å². The Labute approximate surface area is 193 Å². The molecule has 6 rings (SSSR count). The zero-order valence-corrected chi connectivity index (χ0v) is 19.0. The molecule has 0 saturated carbocycles. The van der Waals surface area contributed by atoms with Gasteiger partial charge in [0.05, 0.1) is 12.8 Å². The maximum atomic E-state index is 13.3. The van der Waals surface area contributed by atoms with Gasteiger partial charge in [0.25, 0.3) is 5.91 Å². The Hall–Kier alpha value is -3.19. The van der Waals surface area contributed by atoms with Crippen LogP contribution >= 0.6 is 0 Å². The number of hydrogen-bond acceptors (Lipinski definition) is 4. The second kappa shape index (κ2) is 8.98. The van der Waals surface area contributed by atoms with Crippen molar-refractivity contribution in [2.75, 3.05) is 26.7 Å². The van der Waals surface area contributed by atoms with Crippen molar-refractivity contribution in [3.05, 3.63) is 71.7 Å². The van der Waals surface area contributed by atoms with Gasteiger partial charge in [0.15, 0.2) is 0 Å². The van der Waals surface area contributed by atoms with E-state index in [2.05, 4.69) is 16.3 Å². The summed E-state index contributed by atoms with van der Waals surface area (Å²) in [4.78, 5) is 15.1. The van der Waals surface area contributed by atoms with Gasteiger partial charge in [0, 0.05) is 48.9 Å². The lowest BCUT2D eigenvalue weighted by molar-refractivity contribution is 0.0280. The summed E-state index contributed by atoms with van der Waals surface area (Å²) < 4.78 is 20.4. The van der Waals surface area contributed by atoms with Crippen molar-refractivity contribution >= 4 is 5.91 Å². The Morgan fingerprint density at radius 1 is 1.18 bits per heavy atom. The maximum Gasteiger partial charge on any atom is 0.251 e. The molecule has 0 radical (unpaired) electrons. The van der Waals surface area contributed by atoms with Gasteiger partial charge in [0.1, 0.15) is 11.6 Å². The minimum atomic E-state index is -0.239. The zero-order valence-electron chi connectivity index (χ0n) is 19.0.